The van der Waals surface area contributed by atoms with Crippen molar-refractivity contribution in [2.24, 2.45) is 0 Å². The largest absolute Gasteiger partial charge is 0.346 e. The summed E-state index contributed by atoms with van der Waals surface area (Å²) in [6.07, 6.45) is 0. The molecule has 0 aliphatic carbocycles. The molecule has 7 heteroatoms. The average molecular weight is 459 g/mol. The van der Waals surface area contributed by atoms with Crippen molar-refractivity contribution in [3.63, 3.8) is 0 Å². The Labute approximate surface area is 190 Å². The fourth-order valence-electron chi connectivity index (χ4n) is 4.20. The molecule has 0 atom stereocenters. The summed E-state index contributed by atoms with van der Waals surface area (Å²) < 4.78 is 3.19. The van der Waals surface area contributed by atoms with Crippen LogP contribution in [0.25, 0.3) is 0 Å². The van der Waals surface area contributed by atoms with E-state index in [1.807, 2.05) is 0 Å². The molecule has 3 rings (SSSR count). The summed E-state index contributed by atoms with van der Waals surface area (Å²) in [6, 6.07) is 8.88. The zero-order valence-corrected chi connectivity index (χ0v) is 20.1. The van der Waals surface area contributed by atoms with Gasteiger partial charge in [0, 0.05) is 29.9 Å². The predicted octanol–water partition coefficient (Wildman–Crippen LogP) is 6.11. The summed E-state index contributed by atoms with van der Waals surface area (Å²) in [5.74, 6) is 0.671. The molecule has 28 heavy (non-hydrogen) atoms. The molecule has 2 aromatic rings. The van der Waals surface area contributed by atoms with Crippen molar-refractivity contribution in [3.8, 4) is 0 Å². The van der Waals surface area contributed by atoms with E-state index in [1.165, 1.54) is 44.8 Å². The van der Waals surface area contributed by atoms with Gasteiger partial charge in [0.25, 0.3) is 0 Å². The predicted molar refractivity (Wildman–Crippen MR) is 117 cm³/mol. The first-order valence-electron chi connectivity index (χ1n) is 8.84. The van der Waals surface area contributed by atoms with Crippen LogP contribution < -0.4 is 9.80 Å². The van der Waals surface area contributed by atoms with Gasteiger partial charge in [0.05, 0.1) is 36.9 Å². The molecule has 0 unspecified atom stereocenters. The molecule has 1 heterocycles. The molecule has 1 saturated heterocycles. The van der Waals surface area contributed by atoms with E-state index in [9.17, 15) is 0 Å². The van der Waals surface area contributed by atoms with Gasteiger partial charge >= 0.3 is 0 Å². The van der Waals surface area contributed by atoms with Gasteiger partial charge in [0.2, 0.25) is 0 Å². The van der Waals surface area contributed by atoms with Gasteiger partial charge in [-0.2, -0.15) is 3.84 Å². The topological polar surface area (TPSA) is 39.6 Å². The van der Waals surface area contributed by atoms with Crippen LogP contribution in [0.5, 0.6) is 0 Å². The number of nitrogens with zero attached hydrogens (tertiary/aromatic N) is 2. The summed E-state index contributed by atoms with van der Waals surface area (Å²) in [5, 5.41) is 8.54. The summed E-state index contributed by atoms with van der Waals surface area (Å²) in [4.78, 5) is 4.48. The molecule has 1 fully saturated rings. The second-order valence-electron chi connectivity index (χ2n) is 7.27. The van der Waals surface area contributed by atoms with Crippen molar-refractivity contribution in [2.45, 2.75) is 41.5 Å². The molecule has 0 aromatic heterocycles. The third-order valence-electron chi connectivity index (χ3n) is 4.84. The maximum atomic E-state index is 8.54. The van der Waals surface area contributed by atoms with Gasteiger partial charge in [0.15, 0.2) is 0 Å². The molecule has 1 radical (unpaired) electrons. The van der Waals surface area contributed by atoms with Crippen molar-refractivity contribution >= 4 is 40.9 Å². The molecule has 1 aliphatic heterocycles. The number of aryl methyl sites for hydroxylation is 6. The van der Waals surface area contributed by atoms with Crippen LogP contribution in [-0.4, -0.2) is 19.0 Å². The van der Waals surface area contributed by atoms with E-state index in [2.05, 4.69) is 103 Å². The molecule has 1 N–H and O–H groups in total. The summed E-state index contributed by atoms with van der Waals surface area (Å²) >= 11 is 8.53. The minimum absolute atomic E-state index is 0. The first kappa shape index (κ1) is 24.9. The van der Waals surface area contributed by atoms with Crippen LogP contribution in [0.3, 0.4) is 0 Å². The van der Waals surface area contributed by atoms with E-state index in [1.54, 1.807) is 0 Å². The Kier molecular flexibility index (Phi) is 9.38. The van der Waals surface area contributed by atoms with Gasteiger partial charge in [-0.25, -0.2) is 0 Å². The van der Waals surface area contributed by atoms with Gasteiger partial charge in [-0.15, -0.1) is 0 Å². The second kappa shape index (κ2) is 10.6. The average Bonchev–Trinajstić information content (AvgIpc) is 2.87. The van der Waals surface area contributed by atoms with Crippen molar-refractivity contribution in [1.29, 1.82) is 5.41 Å². The smallest absolute Gasteiger partial charge is 0.122 e. The molecule has 151 valence electrons. The minimum Gasteiger partial charge on any atom is -0.346 e. The third-order valence-corrected chi connectivity index (χ3v) is 4.84. The van der Waals surface area contributed by atoms with E-state index in [4.69, 9.17) is 5.41 Å². The number of amidine groups is 1. The number of benzene rings is 2. The van der Waals surface area contributed by atoms with Crippen LogP contribution in [0.4, 0.5) is 11.4 Å². The Bertz CT molecular complexity index is 812. The number of nitrogens with one attached hydrogen (secondary N) is 1. The molecular formula is C21H27Cl2N3OV. The fourth-order valence-corrected chi connectivity index (χ4v) is 4.20. The Morgan fingerprint density at radius 2 is 1.14 bits per heavy atom. The summed E-state index contributed by atoms with van der Waals surface area (Å²) in [7, 11) is 0. The van der Waals surface area contributed by atoms with Crippen LogP contribution in [-0.2, 0) is 22.4 Å². The van der Waals surface area contributed by atoms with E-state index in [-0.39, 0.29) is 18.6 Å². The van der Waals surface area contributed by atoms with Gasteiger partial charge in [-0.1, -0.05) is 35.4 Å². The van der Waals surface area contributed by atoms with Gasteiger partial charge < -0.3 is 9.80 Å². The van der Waals surface area contributed by atoms with Crippen LogP contribution in [0.1, 0.15) is 33.4 Å². The van der Waals surface area contributed by atoms with Gasteiger partial charge in [0.1, 0.15) is 5.84 Å². The van der Waals surface area contributed by atoms with Gasteiger partial charge in [-0.3, -0.25) is 5.41 Å². The minimum atomic E-state index is 0. The number of hydrogen-bond acceptors (Lipinski definition) is 3. The number of anilines is 2. The van der Waals surface area contributed by atoms with Crippen LogP contribution in [0.15, 0.2) is 24.3 Å². The first-order valence-corrected chi connectivity index (χ1v) is 9.46. The SMILES string of the molecule is Cc1cc(C)c(N2CC(=N)N(c3c(C)cc(C)cc3C)C2)c(C)c1.ClOCl.[V]. The third kappa shape index (κ3) is 5.46. The molecule has 1 aliphatic rings. The molecule has 0 amide bonds. The first-order chi connectivity index (χ1) is 12.7. The van der Waals surface area contributed by atoms with Crippen molar-refractivity contribution in [1.82, 2.24) is 0 Å². The van der Waals surface area contributed by atoms with Crippen LogP contribution in [0.2, 0.25) is 0 Å². The molecular weight excluding hydrogens is 432 g/mol. The zero-order valence-electron chi connectivity index (χ0n) is 17.2. The Hall–Kier alpha value is -1.17. The van der Waals surface area contributed by atoms with Crippen molar-refractivity contribution in [3.05, 3.63) is 57.6 Å². The zero-order chi connectivity index (χ0) is 20.3. The molecule has 4 nitrogen and oxygen atoms in total. The van der Waals surface area contributed by atoms with Crippen LogP contribution >= 0.6 is 23.7 Å². The second-order valence-corrected chi connectivity index (χ2v) is 7.73. The normalized spacial score (nSPS) is 13.2. The van der Waals surface area contributed by atoms with E-state index >= 15 is 0 Å². The van der Waals surface area contributed by atoms with Crippen molar-refractivity contribution in [2.75, 3.05) is 23.0 Å². The van der Waals surface area contributed by atoms with Gasteiger partial charge in [-0.05, 0) is 63.8 Å². The maximum Gasteiger partial charge on any atom is 0.122 e. The summed E-state index contributed by atoms with van der Waals surface area (Å²) in [6.45, 7) is 14.3. The number of rotatable bonds is 2. The Morgan fingerprint density at radius 3 is 1.54 bits per heavy atom. The maximum absolute atomic E-state index is 8.54. The van der Waals surface area contributed by atoms with E-state index in [0.29, 0.717) is 12.4 Å². The van der Waals surface area contributed by atoms with E-state index in [0.717, 1.165) is 6.67 Å². The monoisotopic (exact) mass is 458 g/mol. The van der Waals surface area contributed by atoms with E-state index < -0.39 is 0 Å². The summed E-state index contributed by atoms with van der Waals surface area (Å²) in [5.41, 5.74) is 10.1. The fraction of sp³-hybridized carbons (Fsp3) is 0.381. The molecule has 2 aromatic carbocycles. The Balaban J connectivity index is 0.000000921. The molecule has 0 bridgehead atoms. The van der Waals surface area contributed by atoms with Crippen LogP contribution in [0, 0.1) is 47.0 Å². The standard InChI is InChI=1S/C21H27N3.Cl2O.V/c1-13-7-15(3)20(16(4)8-13)23-11-19(22)24(12-23)21-17(5)9-14(2)10-18(21)6;1-3-2;/h7-10,22H,11-12H2,1-6H3;;. The number of halogens is 2. The van der Waals surface area contributed by atoms with Crippen molar-refractivity contribution < 1.29 is 22.4 Å². The quantitative estimate of drug-likeness (QED) is 0.590. The number of hydrogen-bond donors (Lipinski definition) is 1. The Morgan fingerprint density at radius 1 is 0.786 bits per heavy atom. The molecule has 0 saturated carbocycles. The molecule has 0 spiro atoms.